The van der Waals surface area contributed by atoms with E-state index in [9.17, 15) is 22.6 Å². The van der Waals surface area contributed by atoms with E-state index in [4.69, 9.17) is 0 Å². The van der Waals surface area contributed by atoms with E-state index in [-0.39, 0.29) is 17.1 Å². The molecular formula is C22H36O5S2. The highest BCUT2D eigenvalue weighted by Gasteiger charge is 2.67. The van der Waals surface area contributed by atoms with Crippen molar-refractivity contribution in [3.63, 3.8) is 0 Å². The first-order valence-corrected chi connectivity index (χ1v) is 14.3. The van der Waals surface area contributed by atoms with Crippen molar-refractivity contribution in [2.45, 2.75) is 83.8 Å². The second-order valence-corrected chi connectivity index (χ2v) is 14.0. The smallest absolute Gasteiger partial charge is 0.184 e. The second kappa shape index (κ2) is 8.62. The van der Waals surface area contributed by atoms with Gasteiger partial charge < -0.3 is 4.55 Å². The number of Topliss-reactive ketones (excluding diaryl/α,β-unsaturated/α-hetero) is 2. The van der Waals surface area contributed by atoms with Crippen LogP contribution in [0.1, 0.15) is 78.6 Å². The first-order valence-electron chi connectivity index (χ1n) is 11.1. The number of hydrogen-bond acceptors (Lipinski definition) is 5. The highest BCUT2D eigenvalue weighted by Crippen LogP contribution is 2.64. The number of fused-ring (bicyclic) bond motifs is 2. The van der Waals surface area contributed by atoms with Gasteiger partial charge in [-0.15, -0.1) is 0 Å². The topological polar surface area (TPSA) is 91.3 Å². The van der Waals surface area contributed by atoms with Crippen molar-refractivity contribution in [1.82, 2.24) is 0 Å². The Morgan fingerprint density at radius 3 is 2.07 bits per heavy atom. The molecule has 0 radical (unpaired) electrons. The molecule has 1 saturated heterocycles. The molecule has 3 aliphatic carbocycles. The number of carbonyl (C=O) groups is 2. The molecule has 0 aromatic rings. The average Bonchev–Trinajstić information content (AvgIpc) is 3.29. The molecule has 3 saturated carbocycles. The third-order valence-electron chi connectivity index (χ3n) is 8.31. The molecule has 29 heavy (non-hydrogen) atoms. The molecular weight excluding hydrogens is 408 g/mol. The number of hydrogen-bond donors (Lipinski definition) is 0. The maximum Gasteiger partial charge on any atom is 0.184 e. The highest BCUT2D eigenvalue weighted by atomic mass is 32.2. The summed E-state index contributed by atoms with van der Waals surface area (Å²) in [6.45, 7) is 5.59. The Hall–Kier alpha value is -0.400. The van der Waals surface area contributed by atoms with Gasteiger partial charge in [0.25, 0.3) is 0 Å². The minimum absolute atomic E-state index is 0.294. The zero-order chi connectivity index (χ0) is 21.4. The largest absolute Gasteiger partial charge is 0.747 e. The number of carbonyl (C=O) groups excluding carboxylic acids is 2. The lowest BCUT2D eigenvalue weighted by molar-refractivity contribution is -0.128. The predicted octanol–water partition coefficient (Wildman–Crippen LogP) is 3.47. The Bertz CT molecular complexity index is 732. The van der Waals surface area contributed by atoms with Crippen molar-refractivity contribution < 1.29 is 22.6 Å². The highest BCUT2D eigenvalue weighted by molar-refractivity contribution is 7.97. The van der Waals surface area contributed by atoms with Gasteiger partial charge in [-0.3, -0.25) is 9.59 Å². The van der Waals surface area contributed by atoms with Crippen LogP contribution in [0.5, 0.6) is 0 Å². The van der Waals surface area contributed by atoms with Crippen molar-refractivity contribution in [2.75, 3.05) is 17.3 Å². The van der Waals surface area contributed by atoms with Crippen LogP contribution in [0.15, 0.2) is 0 Å². The van der Waals surface area contributed by atoms with E-state index < -0.39 is 20.8 Å². The van der Waals surface area contributed by atoms with E-state index in [1.165, 1.54) is 56.5 Å². The molecule has 2 bridgehead atoms. The minimum Gasteiger partial charge on any atom is -0.747 e. The predicted molar refractivity (Wildman–Crippen MR) is 116 cm³/mol. The van der Waals surface area contributed by atoms with Gasteiger partial charge in [-0.25, -0.2) is 8.42 Å². The summed E-state index contributed by atoms with van der Waals surface area (Å²) in [5.41, 5.74) is -0.994. The molecule has 0 spiro atoms. The summed E-state index contributed by atoms with van der Waals surface area (Å²) in [5.74, 6) is 4.04. The third-order valence-corrected chi connectivity index (χ3v) is 11.9. The van der Waals surface area contributed by atoms with Crippen molar-refractivity contribution in [3.05, 3.63) is 0 Å². The Morgan fingerprint density at radius 2 is 1.62 bits per heavy atom. The van der Waals surface area contributed by atoms with Crippen molar-refractivity contribution in [3.8, 4) is 0 Å². The molecule has 0 aromatic heterocycles. The molecule has 7 heteroatoms. The lowest BCUT2D eigenvalue weighted by Gasteiger charge is -2.32. The van der Waals surface area contributed by atoms with Crippen molar-refractivity contribution in [1.29, 1.82) is 0 Å². The summed E-state index contributed by atoms with van der Waals surface area (Å²) in [5, 5.41) is -1.30. The number of ketones is 2. The Morgan fingerprint density at radius 1 is 1.03 bits per heavy atom. The van der Waals surface area contributed by atoms with E-state index in [0.717, 1.165) is 5.75 Å². The molecule has 3 atom stereocenters. The van der Waals surface area contributed by atoms with E-state index >= 15 is 0 Å². The van der Waals surface area contributed by atoms with Gasteiger partial charge in [0.05, 0.1) is 0 Å². The van der Waals surface area contributed by atoms with Gasteiger partial charge in [0, 0.05) is 11.3 Å². The van der Waals surface area contributed by atoms with Gasteiger partial charge in [0.15, 0.2) is 17.3 Å². The van der Waals surface area contributed by atoms with Crippen molar-refractivity contribution >= 4 is 32.6 Å². The van der Waals surface area contributed by atoms with E-state index in [0.29, 0.717) is 35.4 Å². The minimum atomic E-state index is -4.49. The Kier molecular flexibility index (Phi) is 6.92. The summed E-state index contributed by atoms with van der Waals surface area (Å²) >= 11 is 0. The molecule has 1 heterocycles. The fourth-order valence-electron chi connectivity index (χ4n) is 5.94. The molecule has 0 aromatic carbocycles. The van der Waals surface area contributed by atoms with Crippen LogP contribution in [0.4, 0.5) is 0 Å². The molecule has 4 fully saturated rings. The van der Waals surface area contributed by atoms with E-state index in [1.807, 2.05) is 13.8 Å². The quantitative estimate of drug-likeness (QED) is 0.489. The summed E-state index contributed by atoms with van der Waals surface area (Å²) in [4.78, 5) is 23.9. The number of rotatable bonds is 4. The fourth-order valence-corrected chi connectivity index (χ4v) is 9.69. The summed E-state index contributed by atoms with van der Waals surface area (Å²) < 4.78 is 33.3. The second-order valence-electron chi connectivity index (χ2n) is 10.1. The molecule has 166 valence electrons. The van der Waals surface area contributed by atoms with E-state index in [1.54, 1.807) is 6.92 Å². The van der Waals surface area contributed by atoms with Crippen LogP contribution in [0.25, 0.3) is 0 Å². The van der Waals surface area contributed by atoms with Crippen LogP contribution in [-0.4, -0.2) is 47.0 Å². The van der Waals surface area contributed by atoms with Gasteiger partial charge >= 0.3 is 0 Å². The van der Waals surface area contributed by atoms with Crippen LogP contribution >= 0.6 is 0 Å². The Balaban J connectivity index is 0.000000166. The fraction of sp³-hybridized carbons (Fsp3) is 0.909. The summed E-state index contributed by atoms with van der Waals surface area (Å²) in [6.07, 6.45) is 10.5. The maximum absolute atomic E-state index is 12.0. The van der Waals surface area contributed by atoms with E-state index in [2.05, 4.69) is 0 Å². The Labute approximate surface area is 178 Å². The van der Waals surface area contributed by atoms with Crippen molar-refractivity contribution in [2.24, 2.45) is 22.7 Å². The summed E-state index contributed by atoms with van der Waals surface area (Å²) in [6, 6.07) is 0. The zero-order valence-electron chi connectivity index (χ0n) is 18.1. The monoisotopic (exact) mass is 444 g/mol. The van der Waals surface area contributed by atoms with Crippen LogP contribution in [0, 0.1) is 22.7 Å². The van der Waals surface area contributed by atoms with Gasteiger partial charge in [-0.1, -0.05) is 33.6 Å². The van der Waals surface area contributed by atoms with Gasteiger partial charge in [0.2, 0.25) is 0 Å². The zero-order valence-corrected chi connectivity index (χ0v) is 19.7. The SMILES string of the molecule is CC12CCC(C(S(=O)(=O)[O-])C1=O)C2(C)C.O=C(C[S+]1CCCCC1)C1CCCC1. The van der Waals surface area contributed by atoms with Crippen LogP contribution in [0.3, 0.4) is 0 Å². The molecule has 3 unspecified atom stereocenters. The summed E-state index contributed by atoms with van der Waals surface area (Å²) in [7, 11) is -4.01. The van der Waals surface area contributed by atoms with Gasteiger partial charge in [-0.05, 0) is 67.2 Å². The van der Waals surface area contributed by atoms with Gasteiger partial charge in [0.1, 0.15) is 26.9 Å². The molecule has 5 nitrogen and oxygen atoms in total. The first kappa shape index (κ1) is 23.3. The van der Waals surface area contributed by atoms with Crippen LogP contribution in [-0.2, 0) is 30.6 Å². The average molecular weight is 445 g/mol. The third kappa shape index (κ3) is 4.47. The lowest BCUT2D eigenvalue weighted by Crippen LogP contribution is -2.38. The standard InChI is InChI=1S/C12H21OS.C10H16O4S/c13-12(11-6-2-3-7-11)10-14-8-4-1-5-9-14;1-9(2)6-4-5-10(9,3)8(11)7(6)15(12,13)14/h11H,1-10H2;6-7H,4-5H2,1-3H3,(H,12,13,14)/q+1;/p-1. The van der Waals surface area contributed by atoms with Crippen LogP contribution in [0.2, 0.25) is 0 Å². The maximum atomic E-state index is 12.0. The molecule has 0 N–H and O–H groups in total. The van der Waals surface area contributed by atoms with Gasteiger partial charge in [-0.2, -0.15) is 0 Å². The first-order chi connectivity index (χ1) is 13.5. The van der Waals surface area contributed by atoms with Crippen LogP contribution < -0.4 is 0 Å². The lowest BCUT2D eigenvalue weighted by atomic mass is 9.70. The normalized spacial score (nSPS) is 34.8. The molecule has 0 amide bonds. The molecule has 4 rings (SSSR count). The molecule has 1 aliphatic heterocycles. The molecule has 4 aliphatic rings.